The maximum Gasteiger partial charge on any atom is 0.265 e. The molecule has 0 fully saturated rings. The number of carbonyl (C=O) groups is 2. The lowest BCUT2D eigenvalue weighted by molar-refractivity contribution is 0.0672. The van der Waals surface area contributed by atoms with Crippen LogP contribution in [0.2, 0.25) is 0 Å². The third-order valence-electron chi connectivity index (χ3n) is 5.39. The highest BCUT2D eigenvalue weighted by Crippen LogP contribution is 2.29. The number of benzene rings is 2. The molecule has 0 unspecified atom stereocenters. The van der Waals surface area contributed by atoms with Crippen LogP contribution in [0.5, 0.6) is 11.5 Å². The molecule has 0 aliphatic heterocycles. The molecule has 0 atom stereocenters. The van der Waals surface area contributed by atoms with Gasteiger partial charge in [0, 0.05) is 24.3 Å². The number of nitrogens with one attached hydrogen (secondary N) is 1. The van der Waals surface area contributed by atoms with Crippen LogP contribution in [0.25, 0.3) is 0 Å². The molecule has 3 N–H and O–H groups in total. The predicted molar refractivity (Wildman–Crippen MR) is 136 cm³/mol. The Kier molecular flexibility index (Phi) is 8.31. The lowest BCUT2D eigenvalue weighted by Gasteiger charge is -2.32. The molecule has 0 aliphatic rings. The minimum absolute atomic E-state index is 0.143. The zero-order valence-corrected chi connectivity index (χ0v) is 20.8. The Labute approximate surface area is 204 Å². The largest absolute Gasteiger partial charge is 0.493 e. The summed E-state index contributed by atoms with van der Waals surface area (Å²) in [6.45, 7) is 5.31. The maximum absolute atomic E-state index is 13.5. The first-order valence-electron chi connectivity index (χ1n) is 10.9. The van der Waals surface area contributed by atoms with Gasteiger partial charge in [0.2, 0.25) is 0 Å². The van der Waals surface area contributed by atoms with Gasteiger partial charge in [-0.3, -0.25) is 9.59 Å². The predicted octanol–water partition coefficient (Wildman–Crippen LogP) is 4.64. The summed E-state index contributed by atoms with van der Waals surface area (Å²) in [4.78, 5) is 28.4. The second-order valence-electron chi connectivity index (χ2n) is 8.73. The molecular weight excluding hydrogens is 450 g/mol. The van der Waals surface area contributed by atoms with E-state index >= 15 is 0 Å². The molecule has 8 heteroatoms. The number of methoxy groups -OCH3 is 2. The standard InChI is InChI=1S/C26H31N3O4S/c1-26(2,16-27)17-29(25(31)19-10-11-21(32-3)22(14-19)33-4)15-18-7-5-8-20(13-18)28-24(30)23-9-6-12-34-23/h5-14H,15-17,27H2,1-4H3,(H,28,30). The molecule has 7 nitrogen and oxygen atoms in total. The Hall–Kier alpha value is -3.36. The van der Waals surface area contributed by atoms with Crippen LogP contribution in [0, 0.1) is 5.41 Å². The second-order valence-corrected chi connectivity index (χ2v) is 9.68. The molecule has 1 aromatic heterocycles. The zero-order chi connectivity index (χ0) is 24.7. The van der Waals surface area contributed by atoms with Gasteiger partial charge >= 0.3 is 0 Å². The van der Waals surface area contributed by atoms with Crippen molar-refractivity contribution in [3.8, 4) is 11.5 Å². The first kappa shape index (κ1) is 25.3. The van der Waals surface area contributed by atoms with E-state index < -0.39 is 0 Å². The van der Waals surface area contributed by atoms with Crippen molar-refractivity contribution in [2.24, 2.45) is 11.1 Å². The smallest absolute Gasteiger partial charge is 0.265 e. The topological polar surface area (TPSA) is 93.9 Å². The molecule has 0 aliphatic carbocycles. The number of nitrogens with two attached hydrogens (primary N) is 1. The lowest BCUT2D eigenvalue weighted by atomic mass is 9.92. The number of carbonyl (C=O) groups excluding carboxylic acids is 2. The summed E-state index contributed by atoms with van der Waals surface area (Å²) in [6, 6.07) is 16.3. The van der Waals surface area contributed by atoms with Crippen molar-refractivity contribution in [3.63, 3.8) is 0 Å². The van der Waals surface area contributed by atoms with Gasteiger partial charge in [-0.25, -0.2) is 0 Å². The van der Waals surface area contributed by atoms with Gasteiger partial charge in [0.1, 0.15) is 0 Å². The van der Waals surface area contributed by atoms with Gasteiger partial charge in [-0.15, -0.1) is 11.3 Å². The molecule has 0 spiro atoms. The summed E-state index contributed by atoms with van der Waals surface area (Å²) in [7, 11) is 3.09. The SMILES string of the molecule is COc1ccc(C(=O)N(Cc2cccc(NC(=O)c3cccs3)c2)CC(C)(C)CN)cc1OC. The number of thiophene rings is 1. The molecule has 0 radical (unpaired) electrons. The Morgan fingerprint density at radius 3 is 2.44 bits per heavy atom. The average Bonchev–Trinajstić information content (AvgIpc) is 3.38. The van der Waals surface area contributed by atoms with Crippen LogP contribution in [-0.2, 0) is 6.54 Å². The van der Waals surface area contributed by atoms with Crippen molar-refractivity contribution in [3.05, 3.63) is 76.0 Å². The summed E-state index contributed by atoms with van der Waals surface area (Å²) in [6.07, 6.45) is 0. The lowest BCUT2D eigenvalue weighted by Crippen LogP contribution is -2.41. The van der Waals surface area contributed by atoms with E-state index in [0.29, 0.717) is 47.3 Å². The summed E-state index contributed by atoms with van der Waals surface area (Å²) in [5, 5.41) is 4.79. The van der Waals surface area contributed by atoms with Crippen LogP contribution in [0.15, 0.2) is 60.0 Å². The van der Waals surface area contributed by atoms with Gasteiger partial charge in [-0.1, -0.05) is 32.0 Å². The monoisotopic (exact) mass is 481 g/mol. The highest BCUT2D eigenvalue weighted by atomic mass is 32.1. The van der Waals surface area contributed by atoms with Crippen molar-refractivity contribution in [2.75, 3.05) is 32.6 Å². The molecule has 2 aromatic carbocycles. The third kappa shape index (κ3) is 6.36. The van der Waals surface area contributed by atoms with Crippen molar-refractivity contribution in [1.82, 2.24) is 4.90 Å². The van der Waals surface area contributed by atoms with E-state index in [4.69, 9.17) is 15.2 Å². The van der Waals surface area contributed by atoms with Gasteiger partial charge < -0.3 is 25.4 Å². The van der Waals surface area contributed by atoms with Crippen molar-refractivity contribution in [1.29, 1.82) is 0 Å². The van der Waals surface area contributed by atoms with E-state index in [2.05, 4.69) is 5.32 Å². The third-order valence-corrected chi connectivity index (χ3v) is 6.26. The number of hydrogen-bond acceptors (Lipinski definition) is 6. The fourth-order valence-electron chi connectivity index (χ4n) is 3.50. The zero-order valence-electron chi connectivity index (χ0n) is 20.0. The van der Waals surface area contributed by atoms with Crippen LogP contribution >= 0.6 is 11.3 Å². The molecule has 0 bridgehead atoms. The summed E-state index contributed by atoms with van der Waals surface area (Å²) in [5.74, 6) is 0.747. The molecule has 3 rings (SSSR count). The van der Waals surface area contributed by atoms with Gasteiger partial charge in [0.05, 0.1) is 19.1 Å². The Bertz CT molecular complexity index is 1130. The van der Waals surface area contributed by atoms with Crippen molar-refractivity contribution in [2.45, 2.75) is 20.4 Å². The first-order valence-corrected chi connectivity index (χ1v) is 11.8. The van der Waals surface area contributed by atoms with Gasteiger partial charge in [0.25, 0.3) is 11.8 Å². The van der Waals surface area contributed by atoms with Crippen LogP contribution < -0.4 is 20.5 Å². The molecule has 0 saturated carbocycles. The Morgan fingerprint density at radius 2 is 1.79 bits per heavy atom. The Morgan fingerprint density at radius 1 is 1.03 bits per heavy atom. The summed E-state index contributed by atoms with van der Waals surface area (Å²) in [5.41, 5.74) is 7.76. The quantitative estimate of drug-likeness (QED) is 0.440. The second kappa shape index (κ2) is 11.2. The number of hydrogen-bond donors (Lipinski definition) is 2. The molecule has 3 aromatic rings. The minimum atomic E-state index is -0.281. The average molecular weight is 482 g/mol. The van der Waals surface area contributed by atoms with E-state index in [1.165, 1.54) is 18.4 Å². The van der Waals surface area contributed by atoms with E-state index in [0.717, 1.165) is 5.56 Å². The van der Waals surface area contributed by atoms with Gasteiger partial charge in [-0.2, -0.15) is 0 Å². The minimum Gasteiger partial charge on any atom is -0.493 e. The highest BCUT2D eigenvalue weighted by Gasteiger charge is 2.26. The number of nitrogens with zero attached hydrogens (tertiary/aromatic N) is 1. The maximum atomic E-state index is 13.5. The number of amides is 2. The Balaban J connectivity index is 1.85. The van der Waals surface area contributed by atoms with Crippen LogP contribution in [0.3, 0.4) is 0 Å². The summed E-state index contributed by atoms with van der Waals surface area (Å²) < 4.78 is 10.7. The molecular formula is C26H31N3O4S. The molecule has 0 saturated heterocycles. The van der Waals surface area contributed by atoms with Crippen LogP contribution in [-0.4, -0.2) is 44.0 Å². The number of ether oxygens (including phenoxy) is 2. The molecule has 1 heterocycles. The number of rotatable bonds is 10. The molecule has 34 heavy (non-hydrogen) atoms. The van der Waals surface area contributed by atoms with E-state index in [-0.39, 0.29) is 17.2 Å². The van der Waals surface area contributed by atoms with E-state index in [9.17, 15) is 9.59 Å². The molecule has 2 amide bonds. The van der Waals surface area contributed by atoms with E-state index in [1.54, 1.807) is 36.3 Å². The van der Waals surface area contributed by atoms with Gasteiger partial charge in [-0.05, 0) is 59.3 Å². The molecule has 180 valence electrons. The van der Waals surface area contributed by atoms with Crippen molar-refractivity contribution < 1.29 is 19.1 Å². The van der Waals surface area contributed by atoms with Crippen molar-refractivity contribution >= 4 is 28.8 Å². The van der Waals surface area contributed by atoms with Crippen LogP contribution in [0.4, 0.5) is 5.69 Å². The van der Waals surface area contributed by atoms with Gasteiger partial charge in [0.15, 0.2) is 11.5 Å². The normalized spacial score (nSPS) is 11.1. The highest BCUT2D eigenvalue weighted by molar-refractivity contribution is 7.12. The first-order chi connectivity index (χ1) is 16.3. The summed E-state index contributed by atoms with van der Waals surface area (Å²) >= 11 is 1.39. The fourth-order valence-corrected chi connectivity index (χ4v) is 4.12. The van der Waals surface area contributed by atoms with E-state index in [1.807, 2.05) is 49.6 Å². The fraction of sp³-hybridized carbons (Fsp3) is 0.308. The number of anilines is 1. The van der Waals surface area contributed by atoms with Crippen LogP contribution in [0.1, 0.15) is 39.4 Å².